The fourth-order valence-electron chi connectivity index (χ4n) is 4.70. The van der Waals surface area contributed by atoms with E-state index in [0.29, 0.717) is 24.3 Å². The molecule has 5 rings (SSSR count). The topological polar surface area (TPSA) is 80.1 Å². The second-order valence-electron chi connectivity index (χ2n) is 9.22. The molecule has 0 bridgehead atoms. The molecule has 8 heteroatoms. The van der Waals surface area contributed by atoms with Crippen molar-refractivity contribution in [2.24, 2.45) is 0 Å². The largest absolute Gasteiger partial charge is 0.467 e. The SMILES string of the molecule is O=C(CN(CC1CCCO1)S(=O)(=O)c1cccc2ccccc12)N(Cc1ccccc1)Cc1ccco1. The normalized spacial score (nSPS) is 15.9. The van der Waals surface area contributed by atoms with E-state index in [1.165, 1.54) is 4.31 Å². The lowest BCUT2D eigenvalue weighted by molar-refractivity contribution is -0.133. The minimum absolute atomic E-state index is 0.122. The standard InChI is InChI=1S/C29H30N2O5S/c32-29(30(20-25-13-7-17-35-25)19-23-9-2-1-3-10-23)22-31(21-26-14-8-18-36-26)37(33,34)28-16-6-12-24-11-4-5-15-27(24)28/h1-7,9-13,15-17,26H,8,14,18-22H2. The van der Waals surface area contributed by atoms with Crippen LogP contribution >= 0.6 is 0 Å². The van der Waals surface area contributed by atoms with Gasteiger partial charge in [0, 0.05) is 25.1 Å². The molecule has 1 amide bonds. The molecule has 1 atom stereocenters. The van der Waals surface area contributed by atoms with Gasteiger partial charge in [0.05, 0.1) is 30.4 Å². The van der Waals surface area contributed by atoms with Crippen LogP contribution < -0.4 is 0 Å². The third-order valence-electron chi connectivity index (χ3n) is 6.61. The molecule has 3 aromatic carbocycles. The predicted molar refractivity (Wildman–Crippen MR) is 141 cm³/mol. The maximum atomic E-state index is 14.0. The maximum absolute atomic E-state index is 14.0. The third-order valence-corrected chi connectivity index (χ3v) is 8.48. The first-order valence-electron chi connectivity index (χ1n) is 12.4. The Kier molecular flexibility index (Phi) is 7.69. The number of nitrogens with zero attached hydrogens (tertiary/aromatic N) is 2. The van der Waals surface area contributed by atoms with Crippen molar-refractivity contribution in [3.8, 4) is 0 Å². The van der Waals surface area contributed by atoms with Crippen molar-refractivity contribution in [1.82, 2.24) is 9.21 Å². The molecule has 1 saturated heterocycles. The van der Waals surface area contributed by atoms with Crippen LogP contribution in [0.4, 0.5) is 0 Å². The molecule has 1 unspecified atom stereocenters. The molecule has 4 aromatic rings. The number of furan rings is 1. The molecule has 0 spiro atoms. The van der Waals surface area contributed by atoms with E-state index in [1.54, 1.807) is 35.4 Å². The fraction of sp³-hybridized carbons (Fsp3) is 0.276. The van der Waals surface area contributed by atoms with Gasteiger partial charge in [0.15, 0.2) is 0 Å². The molecular formula is C29H30N2O5S. The molecule has 1 fully saturated rings. The van der Waals surface area contributed by atoms with Crippen LogP contribution in [0.2, 0.25) is 0 Å². The molecule has 7 nitrogen and oxygen atoms in total. The van der Waals surface area contributed by atoms with Crippen LogP contribution in [0.1, 0.15) is 24.2 Å². The summed E-state index contributed by atoms with van der Waals surface area (Å²) in [6, 6.07) is 25.8. The van der Waals surface area contributed by atoms with Crippen molar-refractivity contribution in [3.63, 3.8) is 0 Å². The predicted octanol–water partition coefficient (Wildman–Crippen LogP) is 4.83. The quantitative estimate of drug-likeness (QED) is 0.300. The van der Waals surface area contributed by atoms with Crippen LogP contribution in [0.15, 0.2) is 101 Å². The Hall–Kier alpha value is -3.46. The Labute approximate surface area is 217 Å². The van der Waals surface area contributed by atoms with Gasteiger partial charge in [0.2, 0.25) is 15.9 Å². The van der Waals surface area contributed by atoms with Gasteiger partial charge in [-0.15, -0.1) is 0 Å². The number of rotatable bonds is 10. The highest BCUT2D eigenvalue weighted by atomic mass is 32.2. The Bertz CT molecular complexity index is 1430. The van der Waals surface area contributed by atoms with Gasteiger partial charge < -0.3 is 14.1 Å². The molecule has 192 valence electrons. The van der Waals surface area contributed by atoms with Crippen LogP contribution in [0.3, 0.4) is 0 Å². The molecule has 0 N–H and O–H groups in total. The molecule has 1 aliphatic rings. The van der Waals surface area contributed by atoms with Crippen molar-refractivity contribution >= 4 is 26.7 Å². The number of fused-ring (bicyclic) bond motifs is 1. The summed E-state index contributed by atoms with van der Waals surface area (Å²) in [7, 11) is -4.00. The van der Waals surface area contributed by atoms with Gasteiger partial charge >= 0.3 is 0 Å². The van der Waals surface area contributed by atoms with Crippen LogP contribution in [0, 0.1) is 0 Å². The zero-order valence-electron chi connectivity index (χ0n) is 20.5. The van der Waals surface area contributed by atoms with E-state index in [2.05, 4.69) is 0 Å². The van der Waals surface area contributed by atoms with Crippen molar-refractivity contribution in [2.75, 3.05) is 19.7 Å². The number of amides is 1. The van der Waals surface area contributed by atoms with Gasteiger partial charge in [-0.3, -0.25) is 4.79 Å². The number of carbonyl (C=O) groups is 1. The van der Waals surface area contributed by atoms with Crippen molar-refractivity contribution in [1.29, 1.82) is 0 Å². The molecule has 0 aliphatic carbocycles. The van der Waals surface area contributed by atoms with Crippen molar-refractivity contribution in [2.45, 2.75) is 36.9 Å². The molecule has 1 aliphatic heterocycles. The van der Waals surface area contributed by atoms with Crippen LogP contribution in [0.5, 0.6) is 0 Å². The van der Waals surface area contributed by atoms with Gasteiger partial charge in [-0.25, -0.2) is 8.42 Å². The number of sulfonamides is 1. The molecule has 2 heterocycles. The maximum Gasteiger partial charge on any atom is 0.244 e. The summed E-state index contributed by atoms with van der Waals surface area (Å²) in [5.74, 6) is 0.328. The second kappa shape index (κ2) is 11.3. The Balaban J connectivity index is 1.46. The van der Waals surface area contributed by atoms with E-state index >= 15 is 0 Å². The van der Waals surface area contributed by atoms with E-state index in [-0.39, 0.29) is 36.5 Å². The lowest BCUT2D eigenvalue weighted by Gasteiger charge is -2.28. The monoisotopic (exact) mass is 518 g/mol. The molecular weight excluding hydrogens is 488 g/mol. The third kappa shape index (κ3) is 5.93. The summed E-state index contributed by atoms with van der Waals surface area (Å²) in [5.41, 5.74) is 0.949. The molecule has 0 saturated carbocycles. The summed E-state index contributed by atoms with van der Waals surface area (Å²) in [6.07, 6.45) is 2.95. The van der Waals surface area contributed by atoms with Gasteiger partial charge in [-0.1, -0.05) is 66.7 Å². The lowest BCUT2D eigenvalue weighted by Crippen LogP contribution is -2.45. The van der Waals surface area contributed by atoms with E-state index in [4.69, 9.17) is 9.15 Å². The van der Waals surface area contributed by atoms with E-state index in [9.17, 15) is 13.2 Å². The summed E-state index contributed by atoms with van der Waals surface area (Å²) < 4.78 is 40.7. The van der Waals surface area contributed by atoms with Crippen molar-refractivity contribution in [3.05, 3.63) is 103 Å². The number of hydrogen-bond acceptors (Lipinski definition) is 5. The first-order valence-corrected chi connectivity index (χ1v) is 13.9. The average molecular weight is 519 g/mol. The van der Waals surface area contributed by atoms with Crippen molar-refractivity contribution < 1.29 is 22.4 Å². The molecule has 37 heavy (non-hydrogen) atoms. The lowest BCUT2D eigenvalue weighted by atomic mass is 10.1. The smallest absolute Gasteiger partial charge is 0.244 e. The highest BCUT2D eigenvalue weighted by molar-refractivity contribution is 7.89. The average Bonchev–Trinajstić information content (AvgIpc) is 3.63. The second-order valence-corrected chi connectivity index (χ2v) is 11.1. The fourth-order valence-corrected chi connectivity index (χ4v) is 6.34. The summed E-state index contributed by atoms with van der Waals surface area (Å²) >= 11 is 0. The first-order chi connectivity index (χ1) is 18.0. The Morgan fingerprint density at radius 1 is 0.892 bits per heavy atom. The van der Waals surface area contributed by atoms with Crippen LogP contribution in [0.25, 0.3) is 10.8 Å². The zero-order valence-corrected chi connectivity index (χ0v) is 21.3. The summed E-state index contributed by atoms with van der Waals surface area (Å²) in [5, 5.41) is 1.46. The minimum atomic E-state index is -4.00. The number of benzene rings is 3. The van der Waals surface area contributed by atoms with Gasteiger partial charge in [-0.05, 0) is 42.0 Å². The van der Waals surface area contributed by atoms with Crippen LogP contribution in [-0.2, 0) is 32.6 Å². The van der Waals surface area contributed by atoms with Crippen LogP contribution in [-0.4, -0.2) is 49.3 Å². The van der Waals surface area contributed by atoms with Gasteiger partial charge in [0.25, 0.3) is 0 Å². The summed E-state index contributed by atoms with van der Waals surface area (Å²) in [6.45, 7) is 1.00. The Morgan fingerprint density at radius 3 is 2.43 bits per heavy atom. The highest BCUT2D eigenvalue weighted by Crippen LogP contribution is 2.27. The molecule has 0 radical (unpaired) electrons. The summed E-state index contributed by atoms with van der Waals surface area (Å²) in [4.78, 5) is 15.6. The van der Waals surface area contributed by atoms with Gasteiger partial charge in [-0.2, -0.15) is 4.31 Å². The number of ether oxygens (including phenoxy) is 1. The molecule has 1 aromatic heterocycles. The Morgan fingerprint density at radius 2 is 1.68 bits per heavy atom. The number of carbonyl (C=O) groups excluding carboxylic acids is 1. The zero-order chi connectivity index (χ0) is 25.7. The van der Waals surface area contributed by atoms with E-state index in [0.717, 1.165) is 23.8 Å². The van der Waals surface area contributed by atoms with E-state index in [1.807, 2.05) is 60.7 Å². The number of hydrogen-bond donors (Lipinski definition) is 0. The van der Waals surface area contributed by atoms with E-state index < -0.39 is 10.0 Å². The highest BCUT2D eigenvalue weighted by Gasteiger charge is 2.33. The minimum Gasteiger partial charge on any atom is -0.467 e. The first kappa shape index (κ1) is 25.2. The van der Waals surface area contributed by atoms with Gasteiger partial charge in [0.1, 0.15) is 5.76 Å².